The largest absolute Gasteiger partial charge is 0.333 e. The van der Waals surface area contributed by atoms with Crippen molar-refractivity contribution < 1.29 is 0 Å². The fourth-order valence-electron chi connectivity index (χ4n) is 2.67. The highest BCUT2D eigenvalue weighted by Crippen LogP contribution is 2.30. The van der Waals surface area contributed by atoms with E-state index in [1.54, 1.807) is 0 Å². The van der Waals surface area contributed by atoms with E-state index in [4.69, 9.17) is 5.73 Å². The lowest BCUT2D eigenvalue weighted by Gasteiger charge is -2.26. The van der Waals surface area contributed by atoms with E-state index < -0.39 is 0 Å². The predicted molar refractivity (Wildman–Crippen MR) is 65.1 cm³/mol. The summed E-state index contributed by atoms with van der Waals surface area (Å²) in [6, 6.07) is 0.621. The lowest BCUT2D eigenvalue weighted by Crippen LogP contribution is -2.33. The van der Waals surface area contributed by atoms with Gasteiger partial charge in [-0.15, -0.1) is 0 Å². The predicted octanol–water partition coefficient (Wildman–Crippen LogP) is 1.39. The maximum atomic E-state index is 6.23. The fraction of sp³-hybridized carbons (Fsp3) is 0.750. The Kier molecular flexibility index (Phi) is 3.61. The van der Waals surface area contributed by atoms with Crippen LogP contribution < -0.4 is 5.73 Å². The van der Waals surface area contributed by atoms with Crippen molar-refractivity contribution in [2.24, 2.45) is 5.73 Å². The van der Waals surface area contributed by atoms with Crippen LogP contribution in [0.25, 0.3) is 0 Å². The summed E-state index contributed by atoms with van der Waals surface area (Å²) < 4.78 is 2.21. The molecule has 0 saturated carbocycles. The zero-order chi connectivity index (χ0) is 11.5. The molecule has 0 spiro atoms. The monoisotopic (exact) mass is 222 g/mol. The molecule has 90 valence electrons. The van der Waals surface area contributed by atoms with E-state index in [1.165, 1.54) is 12.1 Å². The molecule has 0 amide bonds. The van der Waals surface area contributed by atoms with E-state index in [0.29, 0.717) is 6.04 Å². The molecule has 1 aromatic heterocycles. The van der Waals surface area contributed by atoms with Crippen molar-refractivity contribution in [2.75, 3.05) is 13.1 Å². The van der Waals surface area contributed by atoms with E-state index in [0.717, 1.165) is 26.1 Å². The molecule has 0 aromatic carbocycles. The minimum atomic E-state index is 0.258. The molecule has 1 fully saturated rings. The molecule has 0 radical (unpaired) electrons. The van der Waals surface area contributed by atoms with Crippen molar-refractivity contribution in [3.05, 3.63) is 18.2 Å². The maximum Gasteiger partial charge on any atom is 0.0948 e. The molecule has 1 aromatic rings. The van der Waals surface area contributed by atoms with Gasteiger partial charge < -0.3 is 10.3 Å². The third-order valence-electron chi connectivity index (χ3n) is 3.45. The van der Waals surface area contributed by atoms with Gasteiger partial charge in [0.25, 0.3) is 0 Å². The Morgan fingerprint density at radius 3 is 3.00 bits per heavy atom. The van der Waals surface area contributed by atoms with Crippen LogP contribution in [0, 0.1) is 0 Å². The van der Waals surface area contributed by atoms with Gasteiger partial charge in [0.2, 0.25) is 0 Å². The first-order valence-corrected chi connectivity index (χ1v) is 6.27. The molecular weight excluding hydrogens is 200 g/mol. The topological polar surface area (TPSA) is 47.1 Å². The first kappa shape index (κ1) is 11.6. The molecule has 2 N–H and O–H groups in total. The second kappa shape index (κ2) is 4.97. The molecular formula is C12H22N4. The zero-order valence-corrected chi connectivity index (χ0v) is 10.3. The molecule has 2 rings (SSSR count). The Labute approximate surface area is 97.4 Å². The number of nitrogens with zero attached hydrogens (tertiary/aromatic N) is 3. The number of aromatic nitrogens is 2. The van der Waals surface area contributed by atoms with Gasteiger partial charge >= 0.3 is 0 Å². The molecule has 4 nitrogen and oxygen atoms in total. The Morgan fingerprint density at radius 1 is 1.50 bits per heavy atom. The molecule has 2 heterocycles. The zero-order valence-electron chi connectivity index (χ0n) is 10.3. The Hall–Kier alpha value is -0.870. The van der Waals surface area contributed by atoms with Crippen molar-refractivity contribution >= 4 is 0 Å². The number of likely N-dealkylation sites (tertiary alicyclic amines) is 1. The highest BCUT2D eigenvalue weighted by molar-refractivity contribution is 5.11. The highest BCUT2D eigenvalue weighted by atomic mass is 15.2. The van der Waals surface area contributed by atoms with Gasteiger partial charge in [0.1, 0.15) is 0 Å². The number of aryl methyl sites for hydroxylation is 1. The van der Waals surface area contributed by atoms with Gasteiger partial charge in [-0.1, -0.05) is 6.92 Å². The van der Waals surface area contributed by atoms with Crippen molar-refractivity contribution in [1.82, 2.24) is 14.5 Å². The van der Waals surface area contributed by atoms with Gasteiger partial charge in [0.05, 0.1) is 18.1 Å². The molecule has 1 saturated heterocycles. The number of rotatable bonds is 4. The second-order valence-corrected chi connectivity index (χ2v) is 4.54. The van der Waals surface area contributed by atoms with Crippen LogP contribution in [0.3, 0.4) is 0 Å². The summed E-state index contributed by atoms with van der Waals surface area (Å²) >= 11 is 0. The van der Waals surface area contributed by atoms with Gasteiger partial charge in [-0.05, 0) is 26.3 Å². The van der Waals surface area contributed by atoms with Crippen LogP contribution in [-0.2, 0) is 6.54 Å². The Morgan fingerprint density at radius 2 is 2.31 bits per heavy atom. The van der Waals surface area contributed by atoms with Gasteiger partial charge in [-0.3, -0.25) is 4.90 Å². The van der Waals surface area contributed by atoms with E-state index in [1.807, 2.05) is 12.5 Å². The summed E-state index contributed by atoms with van der Waals surface area (Å²) in [5, 5.41) is 0. The van der Waals surface area contributed by atoms with Crippen molar-refractivity contribution in [3.63, 3.8) is 0 Å². The molecule has 0 unspecified atom stereocenters. The van der Waals surface area contributed by atoms with Crippen LogP contribution in [0.5, 0.6) is 0 Å². The maximum absolute atomic E-state index is 6.23. The molecule has 16 heavy (non-hydrogen) atoms. The third kappa shape index (κ3) is 1.99. The Balaban J connectivity index is 2.22. The molecule has 4 heteroatoms. The number of nitrogens with two attached hydrogens (primary N) is 1. The van der Waals surface area contributed by atoms with Crippen molar-refractivity contribution in [3.8, 4) is 0 Å². The third-order valence-corrected chi connectivity index (χ3v) is 3.45. The molecule has 0 aliphatic carbocycles. The highest BCUT2D eigenvalue weighted by Gasteiger charge is 2.34. The average Bonchev–Trinajstić information content (AvgIpc) is 2.85. The fourth-order valence-corrected chi connectivity index (χ4v) is 2.67. The lowest BCUT2D eigenvalue weighted by molar-refractivity contribution is 0.239. The van der Waals surface area contributed by atoms with Crippen LogP contribution >= 0.6 is 0 Å². The first-order chi connectivity index (χ1) is 7.77. The van der Waals surface area contributed by atoms with E-state index in [9.17, 15) is 0 Å². The van der Waals surface area contributed by atoms with Crippen molar-refractivity contribution in [2.45, 2.75) is 45.3 Å². The molecule has 2 atom stereocenters. The summed E-state index contributed by atoms with van der Waals surface area (Å²) in [5.41, 5.74) is 7.51. The number of hydrogen-bond acceptors (Lipinski definition) is 3. The summed E-state index contributed by atoms with van der Waals surface area (Å²) in [6.07, 6.45) is 6.16. The van der Waals surface area contributed by atoms with E-state index in [2.05, 4.69) is 28.3 Å². The van der Waals surface area contributed by atoms with Gasteiger partial charge in [0, 0.05) is 25.3 Å². The van der Waals surface area contributed by atoms with Crippen LogP contribution in [0.1, 0.15) is 38.4 Å². The van der Waals surface area contributed by atoms with Gasteiger partial charge in [-0.25, -0.2) is 4.98 Å². The van der Waals surface area contributed by atoms with Crippen LogP contribution in [0.4, 0.5) is 0 Å². The second-order valence-electron chi connectivity index (χ2n) is 4.54. The normalized spacial score (nSPS) is 26.4. The van der Waals surface area contributed by atoms with Crippen LogP contribution in [0.2, 0.25) is 0 Å². The van der Waals surface area contributed by atoms with Gasteiger partial charge in [0.15, 0.2) is 0 Å². The SMILES string of the molecule is CCCN1CC[C@@H](N)[C@@H]1c1cncn1CC. The summed E-state index contributed by atoms with van der Waals surface area (Å²) in [6.45, 7) is 7.59. The van der Waals surface area contributed by atoms with Crippen LogP contribution in [-0.4, -0.2) is 33.6 Å². The Bertz CT molecular complexity index is 332. The molecule has 1 aliphatic rings. The quantitative estimate of drug-likeness (QED) is 0.837. The van der Waals surface area contributed by atoms with E-state index >= 15 is 0 Å². The standard InChI is InChI=1S/C12H22N4/c1-3-6-16-7-5-10(13)12(16)11-8-14-9-15(11)4-2/h8-10,12H,3-7,13H2,1-2H3/t10-,12-/m1/s1. The first-order valence-electron chi connectivity index (χ1n) is 6.27. The van der Waals surface area contributed by atoms with Crippen LogP contribution in [0.15, 0.2) is 12.5 Å². The molecule has 1 aliphatic heterocycles. The van der Waals surface area contributed by atoms with E-state index in [-0.39, 0.29) is 6.04 Å². The summed E-state index contributed by atoms with van der Waals surface area (Å²) in [7, 11) is 0. The minimum absolute atomic E-state index is 0.258. The average molecular weight is 222 g/mol. The van der Waals surface area contributed by atoms with Crippen molar-refractivity contribution in [1.29, 1.82) is 0 Å². The van der Waals surface area contributed by atoms with Gasteiger partial charge in [-0.2, -0.15) is 0 Å². The minimum Gasteiger partial charge on any atom is -0.333 e. The smallest absolute Gasteiger partial charge is 0.0948 e. The number of imidazole rings is 1. The summed E-state index contributed by atoms with van der Waals surface area (Å²) in [4.78, 5) is 6.74. The summed E-state index contributed by atoms with van der Waals surface area (Å²) in [5.74, 6) is 0. The molecule has 0 bridgehead atoms. The number of hydrogen-bond donors (Lipinski definition) is 1. The lowest BCUT2D eigenvalue weighted by atomic mass is 10.1.